The summed E-state index contributed by atoms with van der Waals surface area (Å²) in [6, 6.07) is 15.9. The zero-order valence-corrected chi connectivity index (χ0v) is 25.2. The molecular formula is C33H28BrN3O5. The maximum atomic E-state index is 13.5. The number of phenolic OH excluding ortho intramolecular Hbond substituents is 1. The number of carbonyl (C=O) groups excluding carboxylic acids is 1. The van der Waals surface area contributed by atoms with Gasteiger partial charge < -0.3 is 19.0 Å². The molecule has 3 aromatic carbocycles. The summed E-state index contributed by atoms with van der Waals surface area (Å²) in [5, 5.41) is 12.1. The van der Waals surface area contributed by atoms with Crippen LogP contribution in [0.25, 0.3) is 22.6 Å². The Morgan fingerprint density at radius 2 is 1.90 bits per heavy atom. The topological polar surface area (TPSA) is 96.9 Å². The van der Waals surface area contributed by atoms with Crippen LogP contribution in [0.3, 0.4) is 0 Å². The van der Waals surface area contributed by atoms with Gasteiger partial charge in [-0.3, -0.25) is 9.89 Å². The van der Waals surface area contributed by atoms with Crippen molar-refractivity contribution in [3.05, 3.63) is 99.4 Å². The summed E-state index contributed by atoms with van der Waals surface area (Å²) in [5.41, 5.74) is 5.47. The number of carbonyl (C=O) groups is 1. The fraction of sp³-hybridized carbons (Fsp3) is 0.182. The van der Waals surface area contributed by atoms with Crippen molar-refractivity contribution in [1.29, 1.82) is 0 Å². The lowest BCUT2D eigenvalue weighted by Gasteiger charge is -2.42. The number of fused-ring (bicyclic) bond motifs is 7. The fourth-order valence-electron chi connectivity index (χ4n) is 5.32. The first kappa shape index (κ1) is 27.5. The molecule has 0 aliphatic carbocycles. The van der Waals surface area contributed by atoms with E-state index < -0.39 is 12.0 Å². The number of amidine groups is 1. The summed E-state index contributed by atoms with van der Waals surface area (Å²) < 4.78 is 19.4. The Bertz CT molecular complexity index is 1870. The summed E-state index contributed by atoms with van der Waals surface area (Å²) in [5.74, 6) is 0.604. The van der Waals surface area contributed by atoms with Crippen molar-refractivity contribution in [2.45, 2.75) is 26.8 Å². The fourth-order valence-corrected chi connectivity index (χ4v) is 5.59. The second-order valence-corrected chi connectivity index (χ2v) is 11.0. The molecule has 4 aromatic rings. The van der Waals surface area contributed by atoms with Crippen LogP contribution in [0.15, 0.2) is 85.7 Å². The van der Waals surface area contributed by atoms with E-state index in [1.807, 2.05) is 56.3 Å². The van der Waals surface area contributed by atoms with Crippen LogP contribution >= 0.6 is 15.9 Å². The van der Waals surface area contributed by atoms with E-state index in [0.717, 1.165) is 26.7 Å². The minimum Gasteiger partial charge on any atom is -0.508 e. The average molecular weight is 627 g/mol. The lowest BCUT2D eigenvalue weighted by Crippen LogP contribution is -2.46. The number of rotatable bonds is 5. The summed E-state index contributed by atoms with van der Waals surface area (Å²) in [6.45, 7) is 9.77. The molecule has 0 fully saturated rings. The molecule has 0 saturated carbocycles. The highest BCUT2D eigenvalue weighted by Crippen LogP contribution is 2.52. The highest BCUT2D eigenvalue weighted by atomic mass is 79.9. The van der Waals surface area contributed by atoms with Crippen LogP contribution < -0.4 is 4.74 Å². The van der Waals surface area contributed by atoms with Gasteiger partial charge in [-0.2, -0.15) is 4.99 Å². The normalized spacial score (nSPS) is 16.8. The first-order valence-corrected chi connectivity index (χ1v) is 14.2. The van der Waals surface area contributed by atoms with Gasteiger partial charge in [0, 0.05) is 33.7 Å². The molecule has 0 saturated heterocycles. The monoisotopic (exact) mass is 625 g/mol. The second kappa shape index (κ2) is 10.6. The first-order valence-electron chi connectivity index (χ1n) is 13.4. The molecule has 0 amide bonds. The summed E-state index contributed by atoms with van der Waals surface area (Å²) in [6.07, 6.45) is 1.69. The van der Waals surface area contributed by atoms with E-state index in [9.17, 15) is 9.90 Å². The van der Waals surface area contributed by atoms with Crippen molar-refractivity contribution in [2.24, 2.45) is 9.98 Å². The van der Waals surface area contributed by atoms with Gasteiger partial charge in [-0.1, -0.05) is 34.6 Å². The number of furan rings is 1. The van der Waals surface area contributed by atoms with E-state index in [4.69, 9.17) is 18.9 Å². The van der Waals surface area contributed by atoms with E-state index in [-0.39, 0.29) is 24.1 Å². The molecule has 0 bridgehead atoms. The maximum Gasteiger partial charge on any atom is 0.355 e. The van der Waals surface area contributed by atoms with Gasteiger partial charge in [0.2, 0.25) is 0 Å². The van der Waals surface area contributed by atoms with Crippen molar-refractivity contribution < 1.29 is 23.8 Å². The molecule has 3 heterocycles. The van der Waals surface area contributed by atoms with Crippen molar-refractivity contribution in [3.8, 4) is 11.5 Å². The third kappa shape index (κ3) is 4.50. The van der Waals surface area contributed by atoms with Gasteiger partial charge in [0.1, 0.15) is 34.6 Å². The Kier molecular flexibility index (Phi) is 6.98. The van der Waals surface area contributed by atoms with Crippen molar-refractivity contribution in [2.75, 3.05) is 13.7 Å². The van der Waals surface area contributed by atoms with Crippen LogP contribution in [0.4, 0.5) is 5.69 Å². The Balaban J connectivity index is 1.75. The molecule has 1 aromatic heterocycles. The van der Waals surface area contributed by atoms with E-state index in [0.29, 0.717) is 39.5 Å². The maximum absolute atomic E-state index is 13.5. The number of ether oxygens (including phenoxy) is 2. The molecule has 0 radical (unpaired) electrons. The van der Waals surface area contributed by atoms with Crippen molar-refractivity contribution in [3.63, 3.8) is 0 Å². The lowest BCUT2D eigenvalue weighted by atomic mass is 9.85. The largest absolute Gasteiger partial charge is 0.508 e. The number of benzene rings is 3. The van der Waals surface area contributed by atoms with Crippen LogP contribution in [-0.2, 0) is 9.53 Å². The number of allylic oxidation sites excluding steroid dienone is 1. The molecule has 9 heteroatoms. The lowest BCUT2D eigenvalue weighted by molar-refractivity contribution is -0.140. The number of nitrogens with zero attached hydrogens (tertiary/aromatic N) is 3. The number of halogens is 1. The number of phenols is 1. The van der Waals surface area contributed by atoms with Gasteiger partial charge >= 0.3 is 12.0 Å². The number of hydrogen-bond acceptors (Lipinski definition) is 7. The van der Waals surface area contributed by atoms with Crippen LogP contribution in [0.1, 0.15) is 54.8 Å². The number of hydrogen-bond donors (Lipinski definition) is 1. The molecule has 2 aliphatic heterocycles. The highest BCUT2D eigenvalue weighted by Gasteiger charge is 2.46. The molecule has 1 unspecified atom stereocenters. The number of aliphatic imine (C=N–C) groups is 2. The molecule has 1 atom stereocenters. The average Bonchev–Trinajstić information content (AvgIpc) is 3.41. The molecule has 42 heavy (non-hydrogen) atoms. The SMILES string of the molecule is C=C(C)c1cc2cc(C(C)=NC)c3c(c2o1)C1c2c(O)cccc2C=C(C(=O)OCC)N1C(=Nc1ccc(Br)cc1)O3. The van der Waals surface area contributed by atoms with Gasteiger partial charge in [-0.25, -0.2) is 4.79 Å². The summed E-state index contributed by atoms with van der Waals surface area (Å²) in [4.78, 5) is 24.5. The van der Waals surface area contributed by atoms with Crippen molar-refractivity contribution in [1.82, 2.24) is 4.90 Å². The van der Waals surface area contributed by atoms with Crippen LogP contribution in [0, 0.1) is 0 Å². The molecule has 8 nitrogen and oxygen atoms in total. The predicted molar refractivity (Wildman–Crippen MR) is 167 cm³/mol. The third-order valence-corrected chi connectivity index (χ3v) is 7.88. The predicted octanol–water partition coefficient (Wildman–Crippen LogP) is 7.76. The molecule has 2 aliphatic rings. The minimum absolute atomic E-state index is 0.0589. The Morgan fingerprint density at radius 1 is 1.14 bits per heavy atom. The van der Waals surface area contributed by atoms with E-state index in [1.165, 1.54) is 0 Å². The van der Waals surface area contributed by atoms with Gasteiger partial charge in [0.15, 0.2) is 0 Å². The van der Waals surface area contributed by atoms with Gasteiger partial charge in [0.25, 0.3) is 0 Å². The van der Waals surface area contributed by atoms with Gasteiger partial charge in [-0.15, -0.1) is 0 Å². The first-order chi connectivity index (χ1) is 20.2. The number of esters is 1. The zero-order chi connectivity index (χ0) is 29.7. The van der Waals surface area contributed by atoms with Gasteiger partial charge in [-0.05, 0) is 80.4 Å². The Labute approximate surface area is 251 Å². The molecule has 212 valence electrons. The second-order valence-electron chi connectivity index (χ2n) is 10.1. The number of aromatic hydroxyl groups is 1. The quantitative estimate of drug-likeness (QED) is 0.180. The minimum atomic E-state index is -0.750. The molecular weight excluding hydrogens is 598 g/mol. The summed E-state index contributed by atoms with van der Waals surface area (Å²) >= 11 is 3.47. The zero-order valence-electron chi connectivity index (χ0n) is 23.6. The van der Waals surface area contributed by atoms with Crippen LogP contribution in [0.2, 0.25) is 0 Å². The van der Waals surface area contributed by atoms with Crippen LogP contribution in [-0.4, -0.2) is 41.4 Å². The third-order valence-electron chi connectivity index (χ3n) is 7.35. The van der Waals surface area contributed by atoms with Crippen molar-refractivity contribution >= 4 is 61.9 Å². The smallest absolute Gasteiger partial charge is 0.355 e. The Morgan fingerprint density at radius 3 is 2.60 bits per heavy atom. The molecule has 1 N–H and O–H groups in total. The van der Waals surface area contributed by atoms with E-state index >= 15 is 0 Å². The molecule has 0 spiro atoms. The standard InChI is InChI=1S/C33H28BrN3O5/c1-6-40-32(39)24-15-19-8-7-9-25(38)27(19)29-28-30-20(16-26(41-30)17(2)3)14-23(18(4)35-5)31(28)42-33(37(24)29)36-22-12-10-21(34)11-13-22/h7-16,29,38H,2,6H2,1,3-5H3. The van der Waals surface area contributed by atoms with E-state index in [2.05, 4.69) is 27.5 Å². The summed E-state index contributed by atoms with van der Waals surface area (Å²) in [7, 11) is 1.72. The molecule has 6 rings (SSSR count). The van der Waals surface area contributed by atoms with E-state index in [1.54, 1.807) is 37.1 Å². The highest BCUT2D eigenvalue weighted by molar-refractivity contribution is 9.10. The van der Waals surface area contributed by atoms with Crippen LogP contribution in [0.5, 0.6) is 11.5 Å². The van der Waals surface area contributed by atoms with Gasteiger partial charge in [0.05, 0.1) is 17.9 Å². The Hall–Kier alpha value is -4.63.